The Morgan fingerprint density at radius 2 is 1.20 bits per heavy atom. The Morgan fingerprint density at radius 3 is 1.20 bits per heavy atom. The molecule has 0 saturated carbocycles. The van der Waals surface area contributed by atoms with Crippen LogP contribution >= 0.6 is 0 Å². The Morgan fingerprint density at radius 1 is 1.20 bits per heavy atom. The second kappa shape index (κ2) is 38.5. The first-order chi connectivity index (χ1) is 1.00. The van der Waals surface area contributed by atoms with Gasteiger partial charge in [-0.05, 0) is 0 Å². The predicted octanol–water partition coefficient (Wildman–Crippen LogP) is -1.60. The molecule has 0 aromatic carbocycles. The maximum Gasteiger partial charge on any atom is 0 e. The monoisotopic (exact) mass is 176 g/mol. The molecule has 0 aliphatic heterocycles. The van der Waals surface area contributed by atoms with Crippen molar-refractivity contribution in [2.75, 3.05) is 0 Å². The smallest absolute Gasteiger partial charge is 0 e. The second-order valence-electron chi connectivity index (χ2n) is 0. The van der Waals surface area contributed by atoms with E-state index in [-0.39, 0.29) is 54.7 Å². The van der Waals surface area contributed by atoms with E-state index in [1.165, 1.54) is 0 Å². The van der Waals surface area contributed by atoms with E-state index in [4.69, 9.17) is 3.80 Å². The quantitative estimate of drug-likeness (QED) is 0.419. The first-order valence-electron chi connectivity index (χ1n) is 0.289. The molecular weight excluding hydrogens is 175 g/mol. The van der Waals surface area contributed by atoms with Gasteiger partial charge in [0.15, 0.2) is 0 Å². The van der Waals surface area contributed by atoms with Gasteiger partial charge >= 0.3 is 43.1 Å². The molecule has 0 saturated heterocycles. The van der Waals surface area contributed by atoms with Gasteiger partial charge in [0.2, 0.25) is 0 Å². The van der Waals surface area contributed by atoms with E-state index < -0.39 is 0 Å². The largest absolute Gasteiger partial charge is 0 e. The summed E-state index contributed by atoms with van der Waals surface area (Å²) in [4.78, 5) is 0. The van der Waals surface area contributed by atoms with Crippen molar-refractivity contribution in [1.82, 2.24) is 0 Å². The fraction of sp³-hybridized carbons (Fsp3) is 0. The third kappa shape index (κ3) is 24.5. The van der Waals surface area contributed by atoms with Gasteiger partial charge in [0.1, 0.15) is 0 Å². The van der Waals surface area contributed by atoms with Crippen LogP contribution in [0.5, 0.6) is 0 Å². The molecule has 0 aromatic heterocycles. The van der Waals surface area contributed by atoms with Crippen molar-refractivity contribution in [3.05, 3.63) is 0 Å². The molecule has 0 aliphatic rings. The normalized spacial score (nSPS) is 0.600. The molecule has 0 amide bonds. The summed E-state index contributed by atoms with van der Waals surface area (Å²) in [6.07, 6.45) is 0. The van der Waals surface area contributed by atoms with E-state index in [9.17, 15) is 0 Å². The molecule has 1 N–H and O–H groups in total. The molecular formula is H3AlMgO2Zr. The molecule has 0 bridgehead atoms. The summed E-state index contributed by atoms with van der Waals surface area (Å²) in [6.45, 7) is 0. The van der Waals surface area contributed by atoms with E-state index in [1.54, 1.807) is 0 Å². The Labute approximate surface area is 73.9 Å². The molecule has 0 heterocycles. The third-order valence-corrected chi connectivity index (χ3v) is 0. The minimum Gasteiger partial charge on any atom is 0 e. The van der Waals surface area contributed by atoms with Crippen LogP contribution in [0.2, 0.25) is 0 Å². The summed E-state index contributed by atoms with van der Waals surface area (Å²) < 4.78 is 8.28. The average Bonchev–Trinajstić information content (AvgIpc) is 1.00. The van der Waals surface area contributed by atoms with Gasteiger partial charge < -0.3 is 5.48 Å². The molecule has 24 valence electrons. The molecule has 5 heavy (non-hydrogen) atoms. The maximum atomic E-state index is 8.28. The van der Waals surface area contributed by atoms with E-state index >= 15 is 0 Å². The van der Waals surface area contributed by atoms with Gasteiger partial charge in [0.25, 0.3) is 0 Å². The Kier molecular flexibility index (Phi) is 218. The molecule has 2 nitrogen and oxygen atoms in total. The Bertz CT molecular complexity index is 9.61. The van der Waals surface area contributed by atoms with Crippen LogP contribution < -0.4 is 0 Å². The number of rotatable bonds is 0. The molecule has 0 aromatic rings. The summed E-state index contributed by atoms with van der Waals surface area (Å²) in [5, 5.41) is 0. The van der Waals surface area contributed by atoms with Gasteiger partial charge in [0.05, 0.1) is 0 Å². The van der Waals surface area contributed by atoms with Gasteiger partial charge in [0, 0.05) is 26.2 Å². The minimum absolute atomic E-state index is 0. The van der Waals surface area contributed by atoms with Crippen LogP contribution in [-0.2, 0) is 30.0 Å². The fourth-order valence-electron chi connectivity index (χ4n) is 0. The van der Waals surface area contributed by atoms with Crippen LogP contribution in [0.15, 0.2) is 0 Å². The van der Waals surface area contributed by atoms with Crippen LogP contribution in [0.3, 0.4) is 0 Å². The van der Waals surface area contributed by atoms with Crippen LogP contribution in [0.25, 0.3) is 0 Å². The van der Waals surface area contributed by atoms with Crippen molar-refractivity contribution in [3.8, 4) is 0 Å². The minimum atomic E-state index is 0. The zero-order valence-corrected chi connectivity index (χ0v) is 8.93. The fourth-order valence-corrected chi connectivity index (χ4v) is 0. The zero-order valence-electron chi connectivity index (χ0n) is 3.06. The third-order valence-electron chi connectivity index (χ3n) is 0. The van der Waals surface area contributed by atoms with Crippen molar-refractivity contribution < 1.29 is 35.5 Å². The van der Waals surface area contributed by atoms with Crippen molar-refractivity contribution in [2.24, 2.45) is 0 Å². The van der Waals surface area contributed by atoms with Gasteiger partial charge in [-0.15, -0.1) is 0 Å². The summed E-state index contributed by atoms with van der Waals surface area (Å²) in [5.74, 6) is 0. The second-order valence-corrected chi connectivity index (χ2v) is 0. The molecule has 0 aliphatic carbocycles. The van der Waals surface area contributed by atoms with Crippen molar-refractivity contribution in [2.45, 2.75) is 0 Å². The van der Waals surface area contributed by atoms with Gasteiger partial charge in [-0.3, -0.25) is 0 Å². The van der Waals surface area contributed by atoms with E-state index in [1.807, 2.05) is 0 Å². The molecule has 0 rings (SSSR count). The van der Waals surface area contributed by atoms with Crippen molar-refractivity contribution >= 4 is 39.3 Å². The van der Waals surface area contributed by atoms with Crippen LogP contribution in [0, 0.1) is 0 Å². The molecule has 0 radical (unpaired) electrons. The first-order valence-corrected chi connectivity index (χ1v) is 0.866. The standard InChI is InChI=1S/Al.Mg.H2O.O.Zr.2H/h;;1H2;;;;/q;+1;;;;;/p-1. The summed E-state index contributed by atoms with van der Waals surface area (Å²) >= 11 is 0.611. The topological polar surface area (TPSA) is 47.1 Å². The van der Waals surface area contributed by atoms with Gasteiger partial charge in [-0.2, -0.15) is 0 Å². The van der Waals surface area contributed by atoms with Crippen LogP contribution in [0.4, 0.5) is 0 Å². The average molecular weight is 178 g/mol. The van der Waals surface area contributed by atoms with Gasteiger partial charge in [-0.25, -0.2) is 0 Å². The number of hydrogen-bond donors (Lipinski definition) is 0. The molecule has 0 fully saturated rings. The maximum absolute atomic E-state index is 8.28. The summed E-state index contributed by atoms with van der Waals surface area (Å²) in [7, 11) is 0. The first kappa shape index (κ1) is 28.3. The Balaban J connectivity index is -0.00000000167. The SMILES string of the molecule is [MgH+].[OH-].[O]=[AlH].[Zr]. The van der Waals surface area contributed by atoms with Crippen molar-refractivity contribution in [1.29, 1.82) is 0 Å². The molecule has 0 spiro atoms. The summed E-state index contributed by atoms with van der Waals surface area (Å²) in [5.41, 5.74) is 0. The Hall–Kier alpha value is 1.94. The molecule has 5 heteroatoms. The van der Waals surface area contributed by atoms with Crippen molar-refractivity contribution in [3.63, 3.8) is 0 Å². The predicted molar refractivity (Wildman–Crippen MR) is 16.9 cm³/mol. The van der Waals surface area contributed by atoms with Crippen LogP contribution in [0.1, 0.15) is 0 Å². The number of hydrogen-bond acceptors (Lipinski definition) is 2. The van der Waals surface area contributed by atoms with Crippen LogP contribution in [-0.4, -0.2) is 44.8 Å². The van der Waals surface area contributed by atoms with E-state index in [2.05, 4.69) is 0 Å². The van der Waals surface area contributed by atoms with Gasteiger partial charge in [-0.1, -0.05) is 0 Å². The molecule has 0 unspecified atom stereocenters. The zero-order chi connectivity index (χ0) is 2.00. The summed E-state index contributed by atoms with van der Waals surface area (Å²) in [6, 6.07) is 0. The molecule has 0 atom stereocenters. The van der Waals surface area contributed by atoms with E-state index in [0.717, 1.165) is 0 Å². The van der Waals surface area contributed by atoms with E-state index in [0.29, 0.717) is 16.2 Å².